The molecule has 0 spiro atoms. The Kier molecular flexibility index (Phi) is 40.9. The number of carbonyl (C=O) groups is 3. The van der Waals surface area contributed by atoms with Gasteiger partial charge in [-0.3, -0.25) is 14.4 Å². The van der Waals surface area contributed by atoms with Gasteiger partial charge in [-0.05, 0) is 19.3 Å². The highest BCUT2D eigenvalue weighted by atomic mass is 16.6. The molecule has 0 rings (SSSR count). The van der Waals surface area contributed by atoms with E-state index in [1.807, 2.05) is 0 Å². The summed E-state index contributed by atoms with van der Waals surface area (Å²) in [6.07, 6.45) is 42.5. The summed E-state index contributed by atoms with van der Waals surface area (Å²) in [4.78, 5) is 37.5. The van der Waals surface area contributed by atoms with Gasteiger partial charge in [0.1, 0.15) is 13.2 Å². The topological polar surface area (TPSA) is 78.9 Å². The van der Waals surface area contributed by atoms with Crippen molar-refractivity contribution in [2.24, 2.45) is 0 Å². The highest BCUT2D eigenvalue weighted by molar-refractivity contribution is 5.71. The molecule has 0 aromatic rings. The SMILES string of the molecule is CCCCCCCCCCCCCCCCCCC(=O)O[C@@H](COC(=O)CCCCCCC)COC(=O)CCCCCCCCCCCCCCC. The van der Waals surface area contributed by atoms with E-state index in [0.717, 1.165) is 64.2 Å². The third kappa shape index (κ3) is 39.6. The Morgan fingerprint density at radius 2 is 0.519 bits per heavy atom. The van der Waals surface area contributed by atoms with Crippen molar-refractivity contribution in [3.05, 3.63) is 0 Å². The summed E-state index contributed by atoms with van der Waals surface area (Å²) in [5.41, 5.74) is 0. The van der Waals surface area contributed by atoms with Crippen molar-refractivity contribution >= 4 is 17.9 Å². The van der Waals surface area contributed by atoms with Crippen LogP contribution in [0.4, 0.5) is 0 Å². The molecule has 6 nitrogen and oxygen atoms in total. The minimum atomic E-state index is -0.756. The minimum absolute atomic E-state index is 0.0637. The standard InChI is InChI=1S/C46H88O6/c1-4-7-10-13-15-17-19-21-22-23-25-27-29-31-34-37-40-46(49)52-43(41-50-44(47)38-35-32-12-9-6-3)42-51-45(48)39-36-33-30-28-26-24-20-18-16-14-11-8-5-2/h43H,4-42H2,1-3H3/t43-/m0/s1. The molecular weight excluding hydrogens is 648 g/mol. The Morgan fingerprint density at radius 3 is 0.769 bits per heavy atom. The average molecular weight is 737 g/mol. The van der Waals surface area contributed by atoms with Gasteiger partial charge in [-0.2, -0.15) is 0 Å². The zero-order valence-corrected chi connectivity index (χ0v) is 35.1. The molecule has 0 aliphatic carbocycles. The molecule has 52 heavy (non-hydrogen) atoms. The van der Waals surface area contributed by atoms with Crippen LogP contribution in [0.1, 0.15) is 258 Å². The van der Waals surface area contributed by atoms with Crippen molar-refractivity contribution in [1.82, 2.24) is 0 Å². The lowest BCUT2D eigenvalue weighted by Gasteiger charge is -2.18. The van der Waals surface area contributed by atoms with Crippen LogP contribution in [0, 0.1) is 0 Å². The molecule has 0 unspecified atom stereocenters. The fourth-order valence-electron chi connectivity index (χ4n) is 6.85. The average Bonchev–Trinajstić information content (AvgIpc) is 3.14. The van der Waals surface area contributed by atoms with Gasteiger partial charge in [-0.25, -0.2) is 0 Å². The molecule has 308 valence electrons. The van der Waals surface area contributed by atoms with Crippen molar-refractivity contribution in [1.29, 1.82) is 0 Å². The van der Waals surface area contributed by atoms with Gasteiger partial charge in [0, 0.05) is 19.3 Å². The monoisotopic (exact) mass is 737 g/mol. The first-order valence-electron chi connectivity index (χ1n) is 23.0. The number of hydrogen-bond acceptors (Lipinski definition) is 6. The molecule has 0 saturated carbocycles. The summed E-state index contributed by atoms with van der Waals surface area (Å²) in [6.45, 7) is 6.58. The maximum absolute atomic E-state index is 12.7. The van der Waals surface area contributed by atoms with Crippen LogP contribution in [0.15, 0.2) is 0 Å². The second-order valence-corrected chi connectivity index (χ2v) is 15.7. The number of hydrogen-bond donors (Lipinski definition) is 0. The van der Waals surface area contributed by atoms with Crippen LogP contribution in [0.25, 0.3) is 0 Å². The number of unbranched alkanes of at least 4 members (excludes halogenated alkanes) is 31. The van der Waals surface area contributed by atoms with Gasteiger partial charge in [0.25, 0.3) is 0 Å². The molecule has 0 aliphatic rings. The van der Waals surface area contributed by atoms with Crippen molar-refractivity contribution < 1.29 is 28.6 Å². The van der Waals surface area contributed by atoms with Gasteiger partial charge in [0.15, 0.2) is 6.10 Å². The van der Waals surface area contributed by atoms with Crippen LogP contribution in [0.5, 0.6) is 0 Å². The molecule has 0 fully saturated rings. The van der Waals surface area contributed by atoms with Crippen LogP contribution < -0.4 is 0 Å². The molecule has 0 saturated heterocycles. The fourth-order valence-corrected chi connectivity index (χ4v) is 6.85. The largest absolute Gasteiger partial charge is 0.462 e. The number of esters is 3. The first-order chi connectivity index (χ1) is 25.5. The fraction of sp³-hybridized carbons (Fsp3) is 0.935. The van der Waals surface area contributed by atoms with E-state index >= 15 is 0 Å². The zero-order chi connectivity index (χ0) is 38.0. The van der Waals surface area contributed by atoms with Gasteiger partial charge in [0.05, 0.1) is 0 Å². The first kappa shape index (κ1) is 50.4. The van der Waals surface area contributed by atoms with E-state index in [9.17, 15) is 14.4 Å². The Morgan fingerprint density at radius 1 is 0.308 bits per heavy atom. The van der Waals surface area contributed by atoms with Gasteiger partial charge in [0.2, 0.25) is 0 Å². The van der Waals surface area contributed by atoms with Crippen LogP contribution in [-0.2, 0) is 28.6 Å². The second-order valence-electron chi connectivity index (χ2n) is 15.7. The van der Waals surface area contributed by atoms with E-state index < -0.39 is 6.10 Å². The smallest absolute Gasteiger partial charge is 0.306 e. The summed E-state index contributed by atoms with van der Waals surface area (Å²) in [5, 5.41) is 0. The first-order valence-corrected chi connectivity index (χ1v) is 23.0. The number of ether oxygens (including phenoxy) is 3. The Hall–Kier alpha value is -1.59. The van der Waals surface area contributed by atoms with Crippen LogP contribution in [-0.4, -0.2) is 37.2 Å². The quantitative estimate of drug-likeness (QED) is 0.0353. The van der Waals surface area contributed by atoms with Crippen LogP contribution in [0.3, 0.4) is 0 Å². The van der Waals surface area contributed by atoms with E-state index in [2.05, 4.69) is 20.8 Å². The molecule has 0 aromatic heterocycles. The minimum Gasteiger partial charge on any atom is -0.462 e. The Balaban J connectivity index is 4.16. The summed E-state index contributed by atoms with van der Waals surface area (Å²) in [7, 11) is 0. The van der Waals surface area contributed by atoms with Crippen LogP contribution in [0.2, 0.25) is 0 Å². The molecule has 0 radical (unpaired) electrons. The van der Waals surface area contributed by atoms with Crippen LogP contribution >= 0.6 is 0 Å². The van der Waals surface area contributed by atoms with E-state index in [1.165, 1.54) is 154 Å². The predicted octanol–water partition coefficient (Wildman–Crippen LogP) is 14.5. The molecule has 0 amide bonds. The van der Waals surface area contributed by atoms with Gasteiger partial charge in [-0.1, -0.05) is 220 Å². The molecule has 0 aliphatic heterocycles. The lowest BCUT2D eigenvalue weighted by molar-refractivity contribution is -0.167. The third-order valence-electron chi connectivity index (χ3n) is 10.4. The lowest BCUT2D eigenvalue weighted by Crippen LogP contribution is -2.30. The molecular formula is C46H88O6. The van der Waals surface area contributed by atoms with Gasteiger partial charge in [-0.15, -0.1) is 0 Å². The molecule has 6 heteroatoms. The van der Waals surface area contributed by atoms with E-state index in [0.29, 0.717) is 19.3 Å². The summed E-state index contributed by atoms with van der Waals surface area (Å²) in [6, 6.07) is 0. The summed E-state index contributed by atoms with van der Waals surface area (Å²) < 4.78 is 16.6. The molecule has 1 atom stereocenters. The normalized spacial score (nSPS) is 11.8. The molecule has 0 heterocycles. The maximum atomic E-state index is 12.7. The van der Waals surface area contributed by atoms with Gasteiger partial charge < -0.3 is 14.2 Å². The maximum Gasteiger partial charge on any atom is 0.306 e. The zero-order valence-electron chi connectivity index (χ0n) is 35.1. The highest BCUT2D eigenvalue weighted by Gasteiger charge is 2.19. The Bertz CT molecular complexity index is 768. The highest BCUT2D eigenvalue weighted by Crippen LogP contribution is 2.16. The van der Waals surface area contributed by atoms with Crippen molar-refractivity contribution in [3.63, 3.8) is 0 Å². The van der Waals surface area contributed by atoms with Crippen molar-refractivity contribution in [2.45, 2.75) is 264 Å². The second kappa shape index (κ2) is 42.2. The van der Waals surface area contributed by atoms with E-state index in [-0.39, 0.29) is 31.1 Å². The van der Waals surface area contributed by atoms with E-state index in [4.69, 9.17) is 14.2 Å². The molecule has 0 bridgehead atoms. The van der Waals surface area contributed by atoms with Gasteiger partial charge >= 0.3 is 17.9 Å². The lowest BCUT2D eigenvalue weighted by atomic mass is 10.0. The van der Waals surface area contributed by atoms with Crippen molar-refractivity contribution in [2.75, 3.05) is 13.2 Å². The van der Waals surface area contributed by atoms with Crippen molar-refractivity contribution in [3.8, 4) is 0 Å². The number of rotatable bonds is 42. The molecule has 0 aromatic carbocycles. The Labute approximate surface area is 323 Å². The number of carbonyl (C=O) groups excluding carboxylic acids is 3. The predicted molar refractivity (Wildman–Crippen MR) is 220 cm³/mol. The van der Waals surface area contributed by atoms with E-state index in [1.54, 1.807) is 0 Å². The molecule has 0 N–H and O–H groups in total. The summed E-state index contributed by atoms with van der Waals surface area (Å²) in [5.74, 6) is -0.864. The third-order valence-corrected chi connectivity index (χ3v) is 10.4. The summed E-state index contributed by atoms with van der Waals surface area (Å²) >= 11 is 0.